The van der Waals surface area contributed by atoms with E-state index in [0.717, 1.165) is 5.56 Å². The molecule has 0 atom stereocenters. The molecular weight excluding hydrogens is 439 g/mol. The summed E-state index contributed by atoms with van der Waals surface area (Å²) in [4.78, 5) is 29.3. The molecule has 1 amide bonds. The number of carbonyl (C=O) groups is 2. The van der Waals surface area contributed by atoms with Gasteiger partial charge in [-0.2, -0.15) is 0 Å². The maximum absolute atomic E-state index is 14.5. The second-order valence-electron chi connectivity index (χ2n) is 8.51. The first-order valence-electron chi connectivity index (χ1n) is 10.2. The smallest absolute Gasteiger partial charge is 0.350 e. The van der Waals surface area contributed by atoms with Crippen molar-refractivity contribution in [2.45, 2.75) is 39.3 Å². The highest BCUT2D eigenvalue weighted by Crippen LogP contribution is 2.32. The summed E-state index contributed by atoms with van der Waals surface area (Å²) in [6, 6.07) is 0. The fraction of sp³-hybridized carbons (Fsp3) is 0.524. The van der Waals surface area contributed by atoms with Gasteiger partial charge in [0, 0.05) is 24.3 Å². The van der Waals surface area contributed by atoms with E-state index < -0.39 is 17.5 Å². The van der Waals surface area contributed by atoms with Gasteiger partial charge in [-0.05, 0) is 31.7 Å². The van der Waals surface area contributed by atoms with Crippen LogP contribution in [0.5, 0.6) is 0 Å². The first-order chi connectivity index (χ1) is 15.0. The average molecular weight is 467 g/mol. The largest absolute Gasteiger partial charge is 0.858 e. The van der Waals surface area contributed by atoms with Crippen molar-refractivity contribution >= 4 is 40.6 Å². The van der Waals surface area contributed by atoms with Crippen LogP contribution >= 0.6 is 11.3 Å². The molecule has 0 bridgehead atoms. The van der Waals surface area contributed by atoms with E-state index in [0.29, 0.717) is 29.2 Å². The number of ether oxygens (including phenoxy) is 1. The highest BCUT2D eigenvalue weighted by atomic mass is 32.1. The number of piperidine rings is 1. The average Bonchev–Trinajstić information content (AvgIpc) is 3.29. The van der Waals surface area contributed by atoms with Crippen LogP contribution in [0.4, 0.5) is 15.9 Å². The van der Waals surface area contributed by atoms with Crippen LogP contribution in [0.1, 0.15) is 40.6 Å². The van der Waals surface area contributed by atoms with Crippen molar-refractivity contribution < 1.29 is 32.8 Å². The number of hydrogen-bond donors (Lipinski definition) is 1. The van der Waals surface area contributed by atoms with Gasteiger partial charge in [0.2, 0.25) is 0 Å². The number of aliphatic imine (C=N–C) groups is 1. The molecule has 1 aliphatic heterocycles. The van der Waals surface area contributed by atoms with Crippen molar-refractivity contribution in [1.82, 2.24) is 5.16 Å². The minimum Gasteiger partial charge on any atom is -0.858 e. The Labute approximate surface area is 189 Å². The second-order valence-corrected chi connectivity index (χ2v) is 9.39. The number of likely N-dealkylation sites (tertiary alicyclic amines) is 1. The minimum atomic E-state index is -1.34. The molecule has 0 saturated carbocycles. The number of quaternary nitrogens is 1. The molecule has 1 fully saturated rings. The van der Waals surface area contributed by atoms with E-state index >= 15 is 0 Å². The number of thiophene rings is 1. The molecular formula is C21H27FN4O5S. The number of anilines is 1. The summed E-state index contributed by atoms with van der Waals surface area (Å²) >= 11 is 1.18. The fourth-order valence-electron chi connectivity index (χ4n) is 3.70. The third-order valence-corrected chi connectivity index (χ3v) is 6.80. The van der Waals surface area contributed by atoms with E-state index in [2.05, 4.69) is 15.5 Å². The van der Waals surface area contributed by atoms with Crippen molar-refractivity contribution in [1.29, 1.82) is 0 Å². The Hall–Kier alpha value is -2.79. The molecule has 11 heteroatoms. The van der Waals surface area contributed by atoms with Crippen LogP contribution in [-0.2, 0) is 9.53 Å². The number of methoxy groups -OCH3 is 1. The lowest BCUT2D eigenvalue weighted by molar-refractivity contribution is -0.920. The predicted molar refractivity (Wildman–Crippen MR) is 116 cm³/mol. The molecule has 0 unspecified atom stereocenters. The molecule has 0 spiro atoms. The molecule has 1 aliphatic rings. The van der Waals surface area contributed by atoms with E-state index in [-0.39, 0.29) is 42.1 Å². The van der Waals surface area contributed by atoms with Gasteiger partial charge in [-0.1, -0.05) is 5.16 Å². The number of rotatable bonds is 7. The van der Waals surface area contributed by atoms with Gasteiger partial charge in [0.15, 0.2) is 12.4 Å². The maximum Gasteiger partial charge on any atom is 0.350 e. The molecule has 3 rings (SSSR count). The molecule has 174 valence electrons. The third kappa shape index (κ3) is 5.52. The van der Waals surface area contributed by atoms with Crippen molar-refractivity contribution in [3.8, 4) is 0 Å². The standard InChI is InChI=1S/C21H27FN4O5S/c1-13-11-31-25-19(13)24-16(28)10-26(7-5-21(3,22)6-8-26)9-15(27)23-17-14(2)12-32-18(17)20(29)30-4/h11-12H,5-10H2,1-4H3,(H-,23,24,25,27,28,29). The lowest BCUT2D eigenvalue weighted by Gasteiger charge is -2.45. The molecule has 0 radical (unpaired) electrons. The molecule has 0 aliphatic carbocycles. The Morgan fingerprint density at radius 3 is 2.62 bits per heavy atom. The van der Waals surface area contributed by atoms with Crippen molar-refractivity contribution in [3.05, 3.63) is 27.6 Å². The molecule has 3 heterocycles. The number of alkyl halides is 1. The third-order valence-electron chi connectivity index (χ3n) is 5.73. The Kier molecular flexibility index (Phi) is 6.99. The van der Waals surface area contributed by atoms with Gasteiger partial charge in [0.05, 0.1) is 25.9 Å². The number of halogens is 1. The molecule has 32 heavy (non-hydrogen) atoms. The lowest BCUT2D eigenvalue weighted by Crippen LogP contribution is -2.61. The van der Waals surface area contributed by atoms with E-state index in [1.807, 2.05) is 0 Å². The van der Waals surface area contributed by atoms with Gasteiger partial charge < -0.3 is 24.2 Å². The Morgan fingerprint density at radius 2 is 2.03 bits per heavy atom. The predicted octanol–water partition coefficient (Wildman–Crippen LogP) is 2.51. The quantitative estimate of drug-likeness (QED) is 0.290. The van der Waals surface area contributed by atoms with Crippen molar-refractivity contribution in [2.75, 3.05) is 38.6 Å². The molecule has 2 aromatic rings. The van der Waals surface area contributed by atoms with Gasteiger partial charge in [-0.15, -0.1) is 11.3 Å². The zero-order valence-electron chi connectivity index (χ0n) is 18.6. The number of esters is 1. The molecule has 1 saturated heterocycles. The summed E-state index contributed by atoms with van der Waals surface area (Å²) < 4.78 is 24.2. The number of hydrogen-bond acceptors (Lipinski definition) is 8. The SMILES string of the molecule is COC(=O)c1scc(C)c1NC(=O)C[N+]1(CC([O-])=Nc2nocc2C)CCC(C)(F)CC1. The van der Waals surface area contributed by atoms with Gasteiger partial charge in [-0.25, -0.2) is 14.2 Å². The van der Waals surface area contributed by atoms with Crippen LogP contribution < -0.4 is 10.4 Å². The fourth-order valence-corrected chi connectivity index (χ4v) is 4.63. The highest BCUT2D eigenvalue weighted by molar-refractivity contribution is 7.12. The van der Waals surface area contributed by atoms with Crippen LogP contribution in [0, 0.1) is 13.8 Å². The van der Waals surface area contributed by atoms with E-state index in [1.54, 1.807) is 19.2 Å². The van der Waals surface area contributed by atoms with Crippen LogP contribution in [-0.4, -0.2) is 66.4 Å². The van der Waals surface area contributed by atoms with Crippen molar-refractivity contribution in [2.24, 2.45) is 4.99 Å². The van der Waals surface area contributed by atoms with Gasteiger partial charge in [0.25, 0.3) is 5.91 Å². The lowest BCUT2D eigenvalue weighted by atomic mass is 9.93. The zero-order valence-corrected chi connectivity index (χ0v) is 19.4. The van der Waals surface area contributed by atoms with Crippen LogP contribution in [0.2, 0.25) is 0 Å². The summed E-state index contributed by atoms with van der Waals surface area (Å²) in [6.07, 6.45) is 1.84. The number of aromatic nitrogens is 1. The second kappa shape index (κ2) is 9.37. The Morgan fingerprint density at radius 1 is 1.34 bits per heavy atom. The van der Waals surface area contributed by atoms with E-state index in [4.69, 9.17) is 9.26 Å². The summed E-state index contributed by atoms with van der Waals surface area (Å²) in [6.45, 7) is 5.54. The number of carbonyl (C=O) groups excluding carboxylic acids is 2. The number of nitrogens with one attached hydrogen (secondary N) is 1. The zero-order chi connectivity index (χ0) is 23.5. The molecule has 2 aromatic heterocycles. The number of aryl methyl sites for hydroxylation is 2. The van der Waals surface area contributed by atoms with Gasteiger partial charge in [0.1, 0.15) is 23.4 Å². The van der Waals surface area contributed by atoms with E-state index in [9.17, 15) is 19.1 Å². The first-order valence-corrected chi connectivity index (χ1v) is 11.1. The normalized spacial score (nSPS) is 23.7. The van der Waals surface area contributed by atoms with Crippen LogP contribution in [0.3, 0.4) is 0 Å². The molecule has 9 nitrogen and oxygen atoms in total. The highest BCUT2D eigenvalue weighted by Gasteiger charge is 2.41. The summed E-state index contributed by atoms with van der Waals surface area (Å²) in [7, 11) is 1.27. The van der Waals surface area contributed by atoms with Crippen LogP contribution in [0.25, 0.3) is 0 Å². The van der Waals surface area contributed by atoms with Crippen molar-refractivity contribution in [3.63, 3.8) is 0 Å². The Bertz CT molecular complexity index is 1020. The first kappa shape index (κ1) is 23.9. The summed E-state index contributed by atoms with van der Waals surface area (Å²) in [5.41, 5.74) is 0.411. The van der Waals surface area contributed by atoms with Gasteiger partial charge >= 0.3 is 5.97 Å². The Balaban J connectivity index is 1.80. The number of amides is 1. The van der Waals surface area contributed by atoms with E-state index in [1.165, 1.54) is 31.6 Å². The minimum absolute atomic E-state index is 0.0506. The molecule has 0 aromatic carbocycles. The maximum atomic E-state index is 14.5. The molecule has 1 N–H and O–H groups in total. The summed E-state index contributed by atoms with van der Waals surface area (Å²) in [5.74, 6) is -1.17. The summed E-state index contributed by atoms with van der Waals surface area (Å²) in [5, 5.41) is 20.9. The topological polar surface area (TPSA) is 117 Å². The van der Waals surface area contributed by atoms with Crippen LogP contribution in [0.15, 0.2) is 21.2 Å². The van der Waals surface area contributed by atoms with Gasteiger partial charge in [-0.3, -0.25) is 4.79 Å². The monoisotopic (exact) mass is 466 g/mol. The number of nitrogens with zero attached hydrogens (tertiary/aromatic N) is 3.